The van der Waals surface area contributed by atoms with Crippen molar-refractivity contribution in [2.75, 3.05) is 0 Å². The van der Waals surface area contributed by atoms with Gasteiger partial charge in [-0.1, -0.05) is 20.3 Å². The SMILES string of the molecule is CCCC1=C(C)C(C)(CC)OC1=O. The molecule has 0 bridgehead atoms. The van der Waals surface area contributed by atoms with Crippen LogP contribution in [0, 0.1) is 0 Å². The van der Waals surface area contributed by atoms with E-state index in [0.717, 1.165) is 30.4 Å². The van der Waals surface area contributed by atoms with Crippen LogP contribution >= 0.6 is 0 Å². The topological polar surface area (TPSA) is 26.3 Å². The van der Waals surface area contributed by atoms with Crippen LogP contribution in [0.4, 0.5) is 0 Å². The predicted octanol–water partition coefficient (Wildman–Crippen LogP) is 2.83. The van der Waals surface area contributed by atoms with Crippen LogP contribution in [0.2, 0.25) is 0 Å². The lowest BCUT2D eigenvalue weighted by atomic mass is 9.91. The molecule has 0 aromatic carbocycles. The Morgan fingerprint density at radius 3 is 2.38 bits per heavy atom. The standard InChI is InChI=1S/C11H18O2/c1-5-7-9-8(3)11(4,6-2)13-10(9)12/h5-7H2,1-4H3. The summed E-state index contributed by atoms with van der Waals surface area (Å²) in [7, 11) is 0. The number of hydrogen-bond donors (Lipinski definition) is 0. The zero-order valence-electron chi connectivity index (χ0n) is 8.94. The van der Waals surface area contributed by atoms with Crippen LogP contribution in [0.1, 0.15) is 47.0 Å². The molecule has 1 unspecified atom stereocenters. The first-order valence-corrected chi connectivity index (χ1v) is 4.98. The normalized spacial score (nSPS) is 28.2. The van der Waals surface area contributed by atoms with Crippen molar-refractivity contribution in [1.29, 1.82) is 0 Å². The van der Waals surface area contributed by atoms with Crippen LogP contribution in [0.5, 0.6) is 0 Å². The highest BCUT2D eigenvalue weighted by atomic mass is 16.6. The lowest BCUT2D eigenvalue weighted by Gasteiger charge is -2.22. The molecule has 74 valence electrons. The number of ether oxygens (including phenoxy) is 1. The summed E-state index contributed by atoms with van der Waals surface area (Å²) in [5.41, 5.74) is 1.69. The molecule has 1 aliphatic heterocycles. The Labute approximate surface area is 80.0 Å². The summed E-state index contributed by atoms with van der Waals surface area (Å²) in [6.07, 6.45) is 2.71. The molecule has 1 atom stereocenters. The maximum atomic E-state index is 11.5. The first-order valence-electron chi connectivity index (χ1n) is 4.98. The first kappa shape index (κ1) is 10.3. The van der Waals surface area contributed by atoms with Crippen molar-refractivity contribution < 1.29 is 9.53 Å². The van der Waals surface area contributed by atoms with Crippen LogP contribution < -0.4 is 0 Å². The zero-order chi connectivity index (χ0) is 10.1. The third-order valence-electron chi connectivity index (χ3n) is 2.98. The molecule has 2 heteroatoms. The van der Waals surface area contributed by atoms with Crippen molar-refractivity contribution in [3.05, 3.63) is 11.1 Å². The van der Waals surface area contributed by atoms with Gasteiger partial charge in [-0.15, -0.1) is 0 Å². The number of carbonyl (C=O) groups excluding carboxylic acids is 1. The van der Waals surface area contributed by atoms with E-state index in [2.05, 4.69) is 6.92 Å². The van der Waals surface area contributed by atoms with Gasteiger partial charge in [0.1, 0.15) is 5.60 Å². The Bertz CT molecular complexity index is 253. The van der Waals surface area contributed by atoms with Crippen molar-refractivity contribution in [3.63, 3.8) is 0 Å². The van der Waals surface area contributed by atoms with E-state index in [-0.39, 0.29) is 11.6 Å². The van der Waals surface area contributed by atoms with Gasteiger partial charge in [0.15, 0.2) is 0 Å². The van der Waals surface area contributed by atoms with E-state index in [9.17, 15) is 4.79 Å². The lowest BCUT2D eigenvalue weighted by Crippen LogP contribution is -2.25. The van der Waals surface area contributed by atoms with Gasteiger partial charge in [-0.2, -0.15) is 0 Å². The molecule has 0 spiro atoms. The molecule has 0 saturated heterocycles. The molecule has 0 N–H and O–H groups in total. The van der Waals surface area contributed by atoms with E-state index in [1.54, 1.807) is 0 Å². The summed E-state index contributed by atoms with van der Waals surface area (Å²) >= 11 is 0. The van der Waals surface area contributed by atoms with E-state index < -0.39 is 0 Å². The van der Waals surface area contributed by atoms with Gasteiger partial charge >= 0.3 is 5.97 Å². The van der Waals surface area contributed by atoms with Crippen molar-refractivity contribution >= 4 is 5.97 Å². The third kappa shape index (κ3) is 1.62. The number of rotatable bonds is 3. The fourth-order valence-corrected chi connectivity index (χ4v) is 1.69. The molecule has 0 aromatic rings. The number of hydrogen-bond acceptors (Lipinski definition) is 2. The smallest absolute Gasteiger partial charge is 0.334 e. The van der Waals surface area contributed by atoms with E-state index in [0.29, 0.717) is 0 Å². The molecule has 0 fully saturated rings. The number of esters is 1. The van der Waals surface area contributed by atoms with Crippen LogP contribution in [0.15, 0.2) is 11.1 Å². The van der Waals surface area contributed by atoms with Gasteiger partial charge < -0.3 is 4.74 Å². The monoisotopic (exact) mass is 182 g/mol. The molecule has 1 aliphatic rings. The van der Waals surface area contributed by atoms with Crippen molar-refractivity contribution in [3.8, 4) is 0 Å². The minimum atomic E-state index is -0.332. The van der Waals surface area contributed by atoms with Gasteiger partial charge in [-0.05, 0) is 32.3 Å². The van der Waals surface area contributed by atoms with E-state index in [4.69, 9.17) is 4.74 Å². The molecule has 1 heterocycles. The van der Waals surface area contributed by atoms with E-state index in [1.165, 1.54) is 0 Å². The van der Waals surface area contributed by atoms with Crippen molar-refractivity contribution in [2.45, 2.75) is 52.6 Å². The summed E-state index contributed by atoms with van der Waals surface area (Å²) in [5.74, 6) is -0.108. The van der Waals surface area contributed by atoms with Gasteiger partial charge in [0.25, 0.3) is 0 Å². The van der Waals surface area contributed by atoms with Crippen molar-refractivity contribution in [1.82, 2.24) is 0 Å². The fraction of sp³-hybridized carbons (Fsp3) is 0.727. The van der Waals surface area contributed by atoms with Gasteiger partial charge in [0.05, 0.1) is 0 Å². The largest absolute Gasteiger partial charge is 0.451 e. The van der Waals surface area contributed by atoms with Gasteiger partial charge in [0, 0.05) is 5.57 Å². The molecule has 0 radical (unpaired) electrons. The minimum Gasteiger partial charge on any atom is -0.451 e. The maximum absolute atomic E-state index is 11.5. The third-order valence-corrected chi connectivity index (χ3v) is 2.98. The quantitative estimate of drug-likeness (QED) is 0.627. The summed E-state index contributed by atoms with van der Waals surface area (Å²) < 4.78 is 5.36. The zero-order valence-corrected chi connectivity index (χ0v) is 8.94. The second-order valence-electron chi connectivity index (χ2n) is 3.83. The Kier molecular flexibility index (Phi) is 2.79. The second kappa shape index (κ2) is 3.52. The van der Waals surface area contributed by atoms with Crippen LogP contribution in [-0.4, -0.2) is 11.6 Å². The molecular weight excluding hydrogens is 164 g/mol. The average molecular weight is 182 g/mol. The highest BCUT2D eigenvalue weighted by molar-refractivity contribution is 5.92. The average Bonchev–Trinajstić information content (AvgIpc) is 2.31. The van der Waals surface area contributed by atoms with Gasteiger partial charge in [0.2, 0.25) is 0 Å². The molecular formula is C11H18O2. The molecule has 1 rings (SSSR count). The molecule has 0 saturated carbocycles. The molecule has 0 amide bonds. The van der Waals surface area contributed by atoms with Gasteiger partial charge in [-0.25, -0.2) is 4.79 Å². The molecule has 0 aliphatic carbocycles. The maximum Gasteiger partial charge on any atom is 0.334 e. The Morgan fingerprint density at radius 2 is 2.00 bits per heavy atom. The molecule has 13 heavy (non-hydrogen) atoms. The number of carbonyl (C=O) groups is 1. The number of cyclic esters (lactones) is 1. The van der Waals surface area contributed by atoms with Crippen LogP contribution in [0.25, 0.3) is 0 Å². The lowest BCUT2D eigenvalue weighted by molar-refractivity contribution is -0.146. The predicted molar refractivity (Wildman–Crippen MR) is 52.4 cm³/mol. The minimum absolute atomic E-state index is 0.108. The Hall–Kier alpha value is -0.790. The first-order chi connectivity index (χ1) is 6.05. The highest BCUT2D eigenvalue weighted by Crippen LogP contribution is 2.36. The summed E-state index contributed by atoms with van der Waals surface area (Å²) in [6.45, 7) is 8.13. The van der Waals surface area contributed by atoms with E-state index >= 15 is 0 Å². The van der Waals surface area contributed by atoms with Gasteiger partial charge in [-0.3, -0.25) is 0 Å². The fourth-order valence-electron chi connectivity index (χ4n) is 1.69. The Balaban J connectivity index is 2.96. The second-order valence-corrected chi connectivity index (χ2v) is 3.83. The summed E-state index contributed by atoms with van der Waals surface area (Å²) in [4.78, 5) is 11.5. The Morgan fingerprint density at radius 1 is 1.38 bits per heavy atom. The molecule has 0 aromatic heterocycles. The molecule has 2 nitrogen and oxygen atoms in total. The summed E-state index contributed by atoms with van der Waals surface area (Å²) in [5, 5.41) is 0. The van der Waals surface area contributed by atoms with Crippen LogP contribution in [-0.2, 0) is 9.53 Å². The highest BCUT2D eigenvalue weighted by Gasteiger charge is 2.39. The summed E-state index contributed by atoms with van der Waals surface area (Å²) in [6, 6.07) is 0. The van der Waals surface area contributed by atoms with Crippen LogP contribution in [0.3, 0.4) is 0 Å². The van der Waals surface area contributed by atoms with E-state index in [1.807, 2.05) is 20.8 Å². The van der Waals surface area contributed by atoms with Crippen molar-refractivity contribution in [2.24, 2.45) is 0 Å².